The zero-order valence-corrected chi connectivity index (χ0v) is 11.9. The Morgan fingerprint density at radius 1 is 1.33 bits per heavy atom. The number of halogens is 1. The summed E-state index contributed by atoms with van der Waals surface area (Å²) in [6, 6.07) is 4.86. The average Bonchev–Trinajstić information content (AvgIpc) is 2.89. The van der Waals surface area contributed by atoms with Crippen LogP contribution >= 0.6 is 11.6 Å². The van der Waals surface area contributed by atoms with Gasteiger partial charge in [-0.05, 0) is 24.6 Å². The van der Waals surface area contributed by atoms with Crippen LogP contribution in [0.25, 0.3) is 0 Å². The molecule has 2 heterocycles. The number of anilines is 2. The highest BCUT2D eigenvalue weighted by Crippen LogP contribution is 2.36. The molecule has 1 amide bonds. The van der Waals surface area contributed by atoms with Crippen LogP contribution in [0.15, 0.2) is 24.4 Å². The number of ether oxygens (including phenoxy) is 2. The lowest BCUT2D eigenvalue weighted by molar-refractivity contribution is 0.102. The Labute approximate surface area is 125 Å². The number of nitrogens with one attached hydrogen (secondary N) is 1. The largest absolute Gasteiger partial charge is 0.454 e. The molecule has 0 saturated heterocycles. The van der Waals surface area contributed by atoms with Crippen molar-refractivity contribution in [3.8, 4) is 11.5 Å². The molecule has 1 aromatic carbocycles. The Morgan fingerprint density at radius 3 is 2.76 bits per heavy atom. The van der Waals surface area contributed by atoms with E-state index < -0.39 is 0 Å². The van der Waals surface area contributed by atoms with Crippen LogP contribution in [0.1, 0.15) is 15.9 Å². The predicted molar refractivity (Wildman–Crippen MR) is 78.9 cm³/mol. The minimum atomic E-state index is -0.352. The maximum Gasteiger partial charge on any atom is 0.257 e. The molecule has 0 aliphatic carbocycles. The third-order valence-electron chi connectivity index (χ3n) is 3.06. The van der Waals surface area contributed by atoms with Crippen LogP contribution in [0.3, 0.4) is 0 Å². The molecule has 0 atom stereocenters. The fraction of sp³-hybridized carbons (Fsp3) is 0.143. The molecule has 0 spiro atoms. The van der Waals surface area contributed by atoms with Crippen molar-refractivity contribution in [1.29, 1.82) is 0 Å². The van der Waals surface area contributed by atoms with E-state index in [0.717, 1.165) is 5.56 Å². The second kappa shape index (κ2) is 5.14. The number of rotatable bonds is 2. The molecule has 1 aromatic heterocycles. The Balaban J connectivity index is 1.87. The summed E-state index contributed by atoms with van der Waals surface area (Å²) in [5.41, 5.74) is 7.81. The summed E-state index contributed by atoms with van der Waals surface area (Å²) in [7, 11) is 0. The number of carbonyl (C=O) groups excluding carboxylic acids is 1. The van der Waals surface area contributed by atoms with Gasteiger partial charge in [0.25, 0.3) is 5.91 Å². The smallest absolute Gasteiger partial charge is 0.257 e. The van der Waals surface area contributed by atoms with Gasteiger partial charge >= 0.3 is 0 Å². The number of fused-ring (bicyclic) bond motifs is 1. The molecule has 7 heteroatoms. The Kier molecular flexibility index (Phi) is 3.31. The van der Waals surface area contributed by atoms with Crippen molar-refractivity contribution in [2.45, 2.75) is 6.92 Å². The molecule has 1 aliphatic heterocycles. The number of hydrogen-bond donors (Lipinski definition) is 2. The monoisotopic (exact) mass is 305 g/mol. The zero-order chi connectivity index (χ0) is 15.0. The summed E-state index contributed by atoms with van der Waals surface area (Å²) in [4.78, 5) is 16.3. The molecule has 2 aromatic rings. The van der Waals surface area contributed by atoms with E-state index in [9.17, 15) is 4.79 Å². The van der Waals surface area contributed by atoms with Gasteiger partial charge in [0.15, 0.2) is 11.5 Å². The second-order valence-electron chi connectivity index (χ2n) is 4.58. The van der Waals surface area contributed by atoms with Gasteiger partial charge < -0.3 is 20.5 Å². The molecule has 21 heavy (non-hydrogen) atoms. The molecule has 3 N–H and O–H groups in total. The number of nitrogens with two attached hydrogens (primary N) is 1. The maximum atomic E-state index is 12.3. The summed E-state index contributed by atoms with van der Waals surface area (Å²) < 4.78 is 10.4. The van der Waals surface area contributed by atoms with Crippen molar-refractivity contribution in [2.24, 2.45) is 0 Å². The minimum Gasteiger partial charge on any atom is -0.454 e. The quantitative estimate of drug-likeness (QED) is 0.658. The molecule has 1 aliphatic rings. The number of benzene rings is 1. The summed E-state index contributed by atoms with van der Waals surface area (Å²) in [5.74, 6) is 0.683. The fourth-order valence-corrected chi connectivity index (χ4v) is 2.08. The standard InChI is InChI=1S/C14H12ClN3O3/c1-7-2-8(5-17-13(7)15)18-14(19)9-3-11-12(4-10(9)16)21-6-20-11/h2-5H,6,16H2,1H3,(H,18,19). The van der Waals surface area contributed by atoms with Crippen molar-refractivity contribution in [3.63, 3.8) is 0 Å². The first kappa shape index (κ1) is 13.5. The number of nitrogen functional groups attached to an aromatic ring is 1. The number of carbonyl (C=O) groups is 1. The van der Waals surface area contributed by atoms with Gasteiger partial charge in [0.05, 0.1) is 17.4 Å². The van der Waals surface area contributed by atoms with Crippen LogP contribution < -0.4 is 20.5 Å². The average molecular weight is 306 g/mol. The van der Waals surface area contributed by atoms with E-state index in [1.165, 1.54) is 6.20 Å². The number of amides is 1. The molecular formula is C14H12ClN3O3. The van der Waals surface area contributed by atoms with E-state index in [0.29, 0.717) is 33.6 Å². The topological polar surface area (TPSA) is 86.5 Å². The Hall–Kier alpha value is -2.47. The minimum absolute atomic E-state index is 0.125. The lowest BCUT2D eigenvalue weighted by Gasteiger charge is -2.09. The predicted octanol–water partition coefficient (Wildman–Crippen LogP) is 2.61. The van der Waals surface area contributed by atoms with Crippen molar-refractivity contribution in [3.05, 3.63) is 40.7 Å². The van der Waals surface area contributed by atoms with Crippen molar-refractivity contribution < 1.29 is 14.3 Å². The molecule has 0 fully saturated rings. The highest BCUT2D eigenvalue weighted by molar-refractivity contribution is 6.30. The van der Waals surface area contributed by atoms with Crippen molar-refractivity contribution in [2.75, 3.05) is 17.8 Å². The van der Waals surface area contributed by atoms with Crippen LogP contribution in [-0.2, 0) is 0 Å². The lowest BCUT2D eigenvalue weighted by atomic mass is 10.1. The second-order valence-corrected chi connectivity index (χ2v) is 4.94. The van der Waals surface area contributed by atoms with Gasteiger partial charge in [0, 0.05) is 11.8 Å². The van der Waals surface area contributed by atoms with Gasteiger partial charge in [-0.1, -0.05) is 11.6 Å². The number of aromatic nitrogens is 1. The van der Waals surface area contributed by atoms with E-state index in [-0.39, 0.29) is 12.7 Å². The number of aryl methyl sites for hydroxylation is 1. The maximum absolute atomic E-state index is 12.3. The van der Waals surface area contributed by atoms with Gasteiger partial charge in [-0.25, -0.2) is 4.98 Å². The van der Waals surface area contributed by atoms with E-state index >= 15 is 0 Å². The molecule has 0 radical (unpaired) electrons. The third kappa shape index (κ3) is 2.57. The van der Waals surface area contributed by atoms with Gasteiger partial charge in [-0.2, -0.15) is 0 Å². The molecule has 0 saturated carbocycles. The van der Waals surface area contributed by atoms with Crippen LogP contribution in [0, 0.1) is 6.92 Å². The highest BCUT2D eigenvalue weighted by Gasteiger charge is 2.19. The number of pyridine rings is 1. The van der Waals surface area contributed by atoms with Gasteiger partial charge in [0.1, 0.15) is 5.15 Å². The highest BCUT2D eigenvalue weighted by atomic mass is 35.5. The van der Waals surface area contributed by atoms with Crippen molar-refractivity contribution in [1.82, 2.24) is 4.98 Å². The van der Waals surface area contributed by atoms with Gasteiger partial charge in [-0.15, -0.1) is 0 Å². The zero-order valence-electron chi connectivity index (χ0n) is 11.1. The molecule has 3 rings (SSSR count). The summed E-state index contributed by atoms with van der Waals surface area (Å²) in [6.07, 6.45) is 1.48. The summed E-state index contributed by atoms with van der Waals surface area (Å²) >= 11 is 5.85. The van der Waals surface area contributed by atoms with E-state index in [1.54, 1.807) is 25.1 Å². The fourth-order valence-electron chi connectivity index (χ4n) is 1.98. The van der Waals surface area contributed by atoms with Crippen LogP contribution in [0.2, 0.25) is 5.15 Å². The first-order valence-corrected chi connectivity index (χ1v) is 6.55. The van der Waals surface area contributed by atoms with Gasteiger partial charge in [-0.3, -0.25) is 4.79 Å². The Bertz CT molecular complexity index is 734. The van der Waals surface area contributed by atoms with E-state index in [2.05, 4.69) is 10.3 Å². The van der Waals surface area contributed by atoms with Crippen LogP contribution in [0.5, 0.6) is 11.5 Å². The molecule has 0 unspecified atom stereocenters. The summed E-state index contributed by atoms with van der Waals surface area (Å²) in [5, 5.41) is 3.12. The first-order chi connectivity index (χ1) is 10.0. The van der Waals surface area contributed by atoms with E-state index in [1.807, 2.05) is 0 Å². The summed E-state index contributed by atoms with van der Waals surface area (Å²) in [6.45, 7) is 1.93. The number of hydrogen-bond acceptors (Lipinski definition) is 5. The molecular weight excluding hydrogens is 294 g/mol. The number of nitrogens with zero attached hydrogens (tertiary/aromatic N) is 1. The van der Waals surface area contributed by atoms with Crippen molar-refractivity contribution >= 4 is 28.9 Å². The van der Waals surface area contributed by atoms with E-state index in [4.69, 9.17) is 26.8 Å². The van der Waals surface area contributed by atoms with Gasteiger partial charge in [0.2, 0.25) is 6.79 Å². The SMILES string of the molecule is Cc1cc(NC(=O)c2cc3c(cc2N)OCO3)cnc1Cl. The first-order valence-electron chi connectivity index (χ1n) is 6.17. The lowest BCUT2D eigenvalue weighted by Crippen LogP contribution is -2.14. The van der Waals surface area contributed by atoms with Crippen LogP contribution in [0.4, 0.5) is 11.4 Å². The molecule has 0 bridgehead atoms. The van der Waals surface area contributed by atoms with Crippen LogP contribution in [-0.4, -0.2) is 17.7 Å². The molecule has 6 nitrogen and oxygen atoms in total. The molecule has 108 valence electrons. The normalized spacial score (nSPS) is 12.3. The Morgan fingerprint density at radius 2 is 2.05 bits per heavy atom. The third-order valence-corrected chi connectivity index (χ3v) is 3.46.